The van der Waals surface area contributed by atoms with Crippen LogP contribution < -0.4 is 0 Å². The Labute approximate surface area is 112 Å². The van der Waals surface area contributed by atoms with Gasteiger partial charge in [-0.2, -0.15) is 11.8 Å². The van der Waals surface area contributed by atoms with E-state index in [1.807, 2.05) is 17.8 Å². The van der Waals surface area contributed by atoms with Gasteiger partial charge in [0, 0.05) is 33.4 Å². The SMILES string of the molecule is CCSCc1cc2cc(Cl)ccc2n1C(C)C. The van der Waals surface area contributed by atoms with Crippen LogP contribution in [0.15, 0.2) is 24.3 Å². The van der Waals surface area contributed by atoms with Gasteiger partial charge in [0.05, 0.1) is 0 Å². The lowest BCUT2D eigenvalue weighted by atomic mass is 10.2. The second-order valence-electron chi connectivity index (χ2n) is 4.44. The summed E-state index contributed by atoms with van der Waals surface area (Å²) in [5, 5.41) is 2.06. The zero-order chi connectivity index (χ0) is 12.4. The van der Waals surface area contributed by atoms with Gasteiger partial charge in [-0.1, -0.05) is 18.5 Å². The molecule has 2 rings (SSSR count). The van der Waals surface area contributed by atoms with Gasteiger partial charge in [0.25, 0.3) is 0 Å². The van der Waals surface area contributed by atoms with Crippen LogP contribution in [0.1, 0.15) is 32.5 Å². The topological polar surface area (TPSA) is 4.93 Å². The molecule has 0 spiro atoms. The molecule has 0 saturated carbocycles. The molecule has 2 aromatic rings. The summed E-state index contributed by atoms with van der Waals surface area (Å²) in [4.78, 5) is 0. The number of halogens is 1. The Morgan fingerprint density at radius 3 is 2.71 bits per heavy atom. The Bertz CT molecular complexity index is 516. The summed E-state index contributed by atoms with van der Waals surface area (Å²) >= 11 is 8.01. The summed E-state index contributed by atoms with van der Waals surface area (Å²) in [6.07, 6.45) is 0. The molecule has 0 unspecified atom stereocenters. The van der Waals surface area contributed by atoms with Crippen molar-refractivity contribution in [2.24, 2.45) is 0 Å². The highest BCUT2D eigenvalue weighted by atomic mass is 35.5. The van der Waals surface area contributed by atoms with Crippen molar-refractivity contribution in [3.05, 3.63) is 35.0 Å². The van der Waals surface area contributed by atoms with Crippen LogP contribution in [0.3, 0.4) is 0 Å². The van der Waals surface area contributed by atoms with E-state index >= 15 is 0 Å². The van der Waals surface area contributed by atoms with E-state index in [-0.39, 0.29) is 0 Å². The van der Waals surface area contributed by atoms with Gasteiger partial charge in [-0.15, -0.1) is 0 Å². The Kier molecular flexibility index (Phi) is 4.05. The van der Waals surface area contributed by atoms with E-state index in [1.165, 1.54) is 16.6 Å². The number of hydrogen-bond donors (Lipinski definition) is 0. The molecular formula is C14H18ClNS. The summed E-state index contributed by atoms with van der Waals surface area (Å²) in [7, 11) is 0. The second kappa shape index (κ2) is 5.36. The maximum atomic E-state index is 6.05. The van der Waals surface area contributed by atoms with Gasteiger partial charge in [0.2, 0.25) is 0 Å². The van der Waals surface area contributed by atoms with Crippen molar-refractivity contribution in [3.8, 4) is 0 Å². The van der Waals surface area contributed by atoms with Crippen LogP contribution in [0.2, 0.25) is 5.02 Å². The molecule has 1 aromatic heterocycles. The largest absolute Gasteiger partial charge is 0.341 e. The Hall–Kier alpha value is -0.600. The zero-order valence-corrected chi connectivity index (χ0v) is 12.1. The molecule has 0 aliphatic heterocycles. The smallest absolute Gasteiger partial charge is 0.0486 e. The van der Waals surface area contributed by atoms with E-state index < -0.39 is 0 Å². The average molecular weight is 268 g/mol. The Balaban J connectivity index is 2.53. The van der Waals surface area contributed by atoms with Crippen molar-refractivity contribution >= 4 is 34.3 Å². The minimum Gasteiger partial charge on any atom is -0.341 e. The Morgan fingerprint density at radius 2 is 2.06 bits per heavy atom. The average Bonchev–Trinajstić information content (AvgIpc) is 2.63. The number of thioether (sulfide) groups is 1. The normalized spacial score (nSPS) is 11.6. The van der Waals surface area contributed by atoms with Crippen LogP contribution in [-0.2, 0) is 5.75 Å². The molecule has 0 aliphatic carbocycles. The molecule has 1 nitrogen and oxygen atoms in total. The van der Waals surface area contributed by atoms with Crippen LogP contribution >= 0.6 is 23.4 Å². The maximum Gasteiger partial charge on any atom is 0.0486 e. The minimum absolute atomic E-state index is 0.487. The van der Waals surface area contributed by atoms with E-state index in [1.54, 1.807) is 0 Å². The lowest BCUT2D eigenvalue weighted by molar-refractivity contribution is 0.606. The van der Waals surface area contributed by atoms with Crippen molar-refractivity contribution in [2.75, 3.05) is 5.75 Å². The first kappa shape index (κ1) is 12.8. The molecule has 92 valence electrons. The first-order chi connectivity index (χ1) is 8.13. The molecular weight excluding hydrogens is 250 g/mol. The summed E-state index contributed by atoms with van der Waals surface area (Å²) in [5.74, 6) is 2.22. The van der Waals surface area contributed by atoms with E-state index in [0.717, 1.165) is 16.5 Å². The number of hydrogen-bond acceptors (Lipinski definition) is 1. The van der Waals surface area contributed by atoms with Crippen LogP contribution in [0.4, 0.5) is 0 Å². The van der Waals surface area contributed by atoms with Crippen LogP contribution in [-0.4, -0.2) is 10.3 Å². The van der Waals surface area contributed by atoms with Gasteiger partial charge >= 0.3 is 0 Å². The minimum atomic E-state index is 0.487. The summed E-state index contributed by atoms with van der Waals surface area (Å²) in [5.41, 5.74) is 2.68. The van der Waals surface area contributed by atoms with Gasteiger partial charge in [-0.3, -0.25) is 0 Å². The van der Waals surface area contributed by atoms with Gasteiger partial charge in [-0.25, -0.2) is 0 Å². The number of nitrogens with zero attached hydrogens (tertiary/aromatic N) is 1. The third kappa shape index (κ3) is 2.63. The molecule has 0 saturated heterocycles. The number of aromatic nitrogens is 1. The third-order valence-corrected chi connectivity index (χ3v) is 3.99. The monoisotopic (exact) mass is 267 g/mol. The highest BCUT2D eigenvalue weighted by Gasteiger charge is 2.11. The highest BCUT2D eigenvalue weighted by molar-refractivity contribution is 7.98. The Morgan fingerprint density at radius 1 is 1.29 bits per heavy atom. The molecule has 0 N–H and O–H groups in total. The van der Waals surface area contributed by atoms with E-state index in [0.29, 0.717) is 6.04 Å². The first-order valence-electron chi connectivity index (χ1n) is 6.00. The highest BCUT2D eigenvalue weighted by Crippen LogP contribution is 2.28. The molecule has 0 amide bonds. The van der Waals surface area contributed by atoms with Gasteiger partial charge in [0.1, 0.15) is 0 Å². The molecule has 0 fully saturated rings. The lowest BCUT2D eigenvalue weighted by Gasteiger charge is -2.14. The predicted molar refractivity (Wildman–Crippen MR) is 79.2 cm³/mol. The molecule has 3 heteroatoms. The van der Waals surface area contributed by atoms with Crippen molar-refractivity contribution < 1.29 is 0 Å². The quantitative estimate of drug-likeness (QED) is 0.744. The van der Waals surface area contributed by atoms with E-state index in [4.69, 9.17) is 11.6 Å². The van der Waals surface area contributed by atoms with Crippen molar-refractivity contribution in [2.45, 2.75) is 32.6 Å². The first-order valence-corrected chi connectivity index (χ1v) is 7.54. The maximum absolute atomic E-state index is 6.05. The van der Waals surface area contributed by atoms with Crippen molar-refractivity contribution in [1.29, 1.82) is 0 Å². The molecule has 0 radical (unpaired) electrons. The molecule has 0 bridgehead atoms. The molecule has 0 atom stereocenters. The van der Waals surface area contributed by atoms with Gasteiger partial charge < -0.3 is 4.57 Å². The van der Waals surface area contributed by atoms with Crippen LogP contribution in [0, 0.1) is 0 Å². The second-order valence-corrected chi connectivity index (χ2v) is 6.15. The van der Waals surface area contributed by atoms with E-state index in [2.05, 4.69) is 43.5 Å². The predicted octanol–water partition coefficient (Wildman–Crippen LogP) is 5.13. The number of fused-ring (bicyclic) bond motifs is 1. The molecule has 1 heterocycles. The lowest BCUT2D eigenvalue weighted by Crippen LogP contribution is -2.04. The summed E-state index contributed by atoms with van der Waals surface area (Å²) in [6.45, 7) is 6.66. The number of rotatable bonds is 4. The van der Waals surface area contributed by atoms with Gasteiger partial charge in [0.15, 0.2) is 0 Å². The fourth-order valence-electron chi connectivity index (χ4n) is 2.19. The molecule has 17 heavy (non-hydrogen) atoms. The zero-order valence-electron chi connectivity index (χ0n) is 10.5. The standard InChI is InChI=1S/C14H18ClNS/c1-4-17-9-13-8-11-7-12(15)5-6-14(11)16(13)10(2)3/h5-8,10H,4,9H2,1-3H3. The molecule has 0 aliphatic rings. The number of benzene rings is 1. The van der Waals surface area contributed by atoms with E-state index in [9.17, 15) is 0 Å². The van der Waals surface area contributed by atoms with Crippen molar-refractivity contribution in [1.82, 2.24) is 4.57 Å². The third-order valence-electron chi connectivity index (χ3n) is 2.85. The fraction of sp³-hybridized carbons (Fsp3) is 0.429. The van der Waals surface area contributed by atoms with Crippen molar-refractivity contribution in [3.63, 3.8) is 0 Å². The van der Waals surface area contributed by atoms with Gasteiger partial charge in [-0.05, 0) is 43.9 Å². The summed E-state index contributed by atoms with van der Waals surface area (Å²) in [6, 6.07) is 8.90. The van der Waals surface area contributed by atoms with Crippen LogP contribution in [0.25, 0.3) is 10.9 Å². The van der Waals surface area contributed by atoms with Crippen LogP contribution in [0.5, 0.6) is 0 Å². The fourth-order valence-corrected chi connectivity index (χ4v) is 3.01. The summed E-state index contributed by atoms with van der Waals surface area (Å²) < 4.78 is 2.41. The molecule has 1 aromatic carbocycles.